The number of pyridine rings is 1. The van der Waals surface area contributed by atoms with Gasteiger partial charge < -0.3 is 10.2 Å². The van der Waals surface area contributed by atoms with Gasteiger partial charge in [-0.1, -0.05) is 11.6 Å². The number of anilines is 1. The molecule has 0 spiro atoms. The lowest BCUT2D eigenvalue weighted by atomic mass is 10.0. The molecule has 2 N–H and O–H groups in total. The molecule has 0 aliphatic carbocycles. The van der Waals surface area contributed by atoms with Crippen molar-refractivity contribution in [1.29, 1.82) is 5.26 Å². The van der Waals surface area contributed by atoms with Crippen molar-refractivity contribution in [3.8, 4) is 6.07 Å². The summed E-state index contributed by atoms with van der Waals surface area (Å²) in [5.74, 6) is 0. The number of hydrogen-bond donors (Lipinski definition) is 1. The molecular weight excluding hydrogens is 302 g/mol. The molecule has 0 atom stereocenters. The molecule has 24 heavy (non-hydrogen) atoms. The number of nitrogens with zero attached hydrogens (tertiary/aromatic N) is 2. The van der Waals surface area contributed by atoms with E-state index in [4.69, 9.17) is 10.2 Å². The minimum atomic E-state index is -0.126. The molecule has 0 bridgehead atoms. The van der Waals surface area contributed by atoms with E-state index in [1.54, 1.807) is 31.2 Å². The number of nitrogens with two attached hydrogens (primary N) is 1. The van der Waals surface area contributed by atoms with Crippen LogP contribution >= 0.6 is 0 Å². The molecule has 2 aromatic heterocycles. The largest absolute Gasteiger partial charge is 0.437 e. The van der Waals surface area contributed by atoms with Crippen molar-refractivity contribution in [2.45, 2.75) is 13.8 Å². The van der Waals surface area contributed by atoms with E-state index in [9.17, 15) is 10.1 Å². The van der Waals surface area contributed by atoms with Crippen LogP contribution in [0.3, 0.4) is 0 Å². The molecule has 5 nitrogen and oxygen atoms in total. The molecule has 0 saturated carbocycles. The van der Waals surface area contributed by atoms with E-state index in [1.165, 1.54) is 0 Å². The highest BCUT2D eigenvalue weighted by Crippen LogP contribution is 2.28. The maximum atomic E-state index is 12.8. The van der Waals surface area contributed by atoms with Gasteiger partial charge in [-0.2, -0.15) is 5.26 Å². The summed E-state index contributed by atoms with van der Waals surface area (Å²) < 4.78 is 5.81. The monoisotopic (exact) mass is 315 g/mol. The van der Waals surface area contributed by atoms with Crippen molar-refractivity contribution in [1.82, 2.24) is 4.98 Å². The SMILES string of the molecule is Cc1ccc2oc3nc4cc(N)c(C#N)c(C)c4cc3c(=O)c2c1. The normalized spacial score (nSPS) is 11.2. The molecule has 2 aromatic carbocycles. The van der Waals surface area contributed by atoms with Gasteiger partial charge in [0, 0.05) is 5.39 Å². The number of benzene rings is 2. The topological polar surface area (TPSA) is 92.9 Å². The Morgan fingerprint density at radius 2 is 1.92 bits per heavy atom. The average Bonchev–Trinajstić information content (AvgIpc) is 2.55. The fraction of sp³-hybridized carbons (Fsp3) is 0.105. The smallest absolute Gasteiger partial charge is 0.231 e. The van der Waals surface area contributed by atoms with E-state index in [1.807, 2.05) is 13.0 Å². The summed E-state index contributed by atoms with van der Waals surface area (Å²) in [5.41, 5.74) is 9.65. The van der Waals surface area contributed by atoms with Crippen LogP contribution in [0, 0.1) is 25.2 Å². The second kappa shape index (κ2) is 4.80. The lowest BCUT2D eigenvalue weighted by Gasteiger charge is -2.08. The van der Waals surface area contributed by atoms with E-state index in [-0.39, 0.29) is 11.1 Å². The van der Waals surface area contributed by atoms with E-state index in [0.29, 0.717) is 38.7 Å². The number of aryl methyl sites for hydroxylation is 2. The van der Waals surface area contributed by atoms with Crippen molar-refractivity contribution in [2.75, 3.05) is 5.73 Å². The summed E-state index contributed by atoms with van der Waals surface area (Å²) in [6.45, 7) is 3.73. The Kier molecular flexibility index (Phi) is 2.84. The summed E-state index contributed by atoms with van der Waals surface area (Å²) in [7, 11) is 0. The van der Waals surface area contributed by atoms with Crippen LogP contribution in [0.1, 0.15) is 16.7 Å². The number of nitrogen functional groups attached to an aromatic ring is 1. The van der Waals surface area contributed by atoms with Gasteiger partial charge in [-0.15, -0.1) is 0 Å². The summed E-state index contributed by atoms with van der Waals surface area (Å²) in [6.07, 6.45) is 0. The van der Waals surface area contributed by atoms with Gasteiger partial charge in [0.25, 0.3) is 0 Å². The van der Waals surface area contributed by atoms with Crippen LogP contribution in [0.15, 0.2) is 39.5 Å². The molecule has 2 heterocycles. The lowest BCUT2D eigenvalue weighted by molar-refractivity contribution is 0.646. The molecule has 0 fully saturated rings. The molecule has 4 rings (SSSR count). The van der Waals surface area contributed by atoms with Gasteiger partial charge in [-0.05, 0) is 43.7 Å². The fourth-order valence-corrected chi connectivity index (χ4v) is 3.04. The predicted molar refractivity (Wildman–Crippen MR) is 93.9 cm³/mol. The van der Waals surface area contributed by atoms with Crippen molar-refractivity contribution in [2.24, 2.45) is 0 Å². The molecule has 0 unspecified atom stereocenters. The van der Waals surface area contributed by atoms with E-state index in [0.717, 1.165) is 10.9 Å². The maximum Gasteiger partial charge on any atom is 0.231 e. The average molecular weight is 315 g/mol. The first-order valence-corrected chi connectivity index (χ1v) is 7.46. The molecule has 4 aromatic rings. The molecule has 116 valence electrons. The number of aromatic nitrogens is 1. The summed E-state index contributed by atoms with van der Waals surface area (Å²) in [4.78, 5) is 17.3. The Hall–Kier alpha value is -3.39. The Labute approximate surface area is 136 Å². The van der Waals surface area contributed by atoms with Crippen molar-refractivity contribution >= 4 is 38.7 Å². The van der Waals surface area contributed by atoms with Gasteiger partial charge in [0.15, 0.2) is 0 Å². The Morgan fingerprint density at radius 1 is 1.12 bits per heavy atom. The zero-order chi connectivity index (χ0) is 17.0. The summed E-state index contributed by atoms with van der Waals surface area (Å²) in [6, 6.07) is 10.9. The molecule has 0 amide bonds. The van der Waals surface area contributed by atoms with Crippen LogP contribution in [0.4, 0.5) is 5.69 Å². The molecule has 0 aliphatic heterocycles. The lowest BCUT2D eigenvalue weighted by Crippen LogP contribution is -2.04. The van der Waals surface area contributed by atoms with E-state index < -0.39 is 0 Å². The van der Waals surface area contributed by atoms with Gasteiger partial charge in [-0.3, -0.25) is 4.79 Å². The second-order valence-corrected chi connectivity index (χ2v) is 5.92. The Morgan fingerprint density at radius 3 is 2.67 bits per heavy atom. The van der Waals surface area contributed by atoms with Crippen LogP contribution < -0.4 is 11.2 Å². The van der Waals surface area contributed by atoms with Gasteiger partial charge in [0.2, 0.25) is 11.1 Å². The number of fused-ring (bicyclic) bond motifs is 3. The van der Waals surface area contributed by atoms with E-state index >= 15 is 0 Å². The molecule has 0 radical (unpaired) electrons. The first-order valence-electron chi connectivity index (χ1n) is 7.46. The molecule has 0 saturated heterocycles. The minimum absolute atomic E-state index is 0.126. The van der Waals surface area contributed by atoms with Crippen LogP contribution in [0.5, 0.6) is 0 Å². The van der Waals surface area contributed by atoms with Crippen molar-refractivity contribution in [3.05, 3.63) is 57.2 Å². The first-order chi connectivity index (χ1) is 11.5. The van der Waals surface area contributed by atoms with Gasteiger partial charge in [0.05, 0.1) is 27.5 Å². The first kappa shape index (κ1) is 14.2. The maximum absolute atomic E-state index is 12.8. The molecular formula is C19H13N3O2. The standard InChI is InChI=1S/C19H13N3O2/c1-9-3-4-17-12(5-9)18(23)13-6-11-10(2)14(8-20)15(21)7-16(11)22-19(13)24-17/h3-7H,21H2,1-2H3. The number of rotatable bonds is 0. The molecule has 5 heteroatoms. The predicted octanol–water partition coefficient (Wildman–Crippen LogP) is 3.57. The van der Waals surface area contributed by atoms with Crippen LogP contribution in [0.25, 0.3) is 33.0 Å². The van der Waals surface area contributed by atoms with Gasteiger partial charge >= 0.3 is 0 Å². The third-order valence-electron chi connectivity index (χ3n) is 4.32. The van der Waals surface area contributed by atoms with Crippen molar-refractivity contribution < 1.29 is 4.42 Å². The quantitative estimate of drug-likeness (QED) is 0.395. The van der Waals surface area contributed by atoms with Gasteiger partial charge in [-0.25, -0.2) is 4.98 Å². The van der Waals surface area contributed by atoms with Crippen LogP contribution in [-0.4, -0.2) is 4.98 Å². The Bertz CT molecular complexity index is 1260. The third-order valence-corrected chi connectivity index (χ3v) is 4.32. The van der Waals surface area contributed by atoms with Gasteiger partial charge in [0.1, 0.15) is 11.7 Å². The summed E-state index contributed by atoms with van der Waals surface area (Å²) in [5, 5.41) is 10.9. The Balaban J connectivity index is 2.23. The highest BCUT2D eigenvalue weighted by atomic mass is 16.3. The van der Waals surface area contributed by atoms with Crippen LogP contribution in [0.2, 0.25) is 0 Å². The second-order valence-electron chi connectivity index (χ2n) is 5.92. The highest BCUT2D eigenvalue weighted by molar-refractivity contribution is 5.98. The number of hydrogen-bond acceptors (Lipinski definition) is 5. The highest BCUT2D eigenvalue weighted by Gasteiger charge is 2.14. The van der Waals surface area contributed by atoms with Crippen LogP contribution in [-0.2, 0) is 0 Å². The van der Waals surface area contributed by atoms with E-state index in [2.05, 4.69) is 11.1 Å². The zero-order valence-electron chi connectivity index (χ0n) is 13.2. The minimum Gasteiger partial charge on any atom is -0.437 e. The zero-order valence-corrected chi connectivity index (χ0v) is 13.2. The third kappa shape index (κ3) is 1.87. The number of nitriles is 1. The fourth-order valence-electron chi connectivity index (χ4n) is 3.04. The molecule has 0 aliphatic rings. The summed E-state index contributed by atoms with van der Waals surface area (Å²) >= 11 is 0. The van der Waals surface area contributed by atoms with Crippen molar-refractivity contribution in [3.63, 3.8) is 0 Å².